The number of imide groups is 1. The first-order chi connectivity index (χ1) is 9.19. The van der Waals surface area contributed by atoms with Crippen LogP contribution in [-0.4, -0.2) is 35.0 Å². The summed E-state index contributed by atoms with van der Waals surface area (Å²) in [6, 6.07) is 0. The molecule has 0 aromatic rings. The maximum atomic E-state index is 12.6. The zero-order valence-electron chi connectivity index (χ0n) is 11.7. The number of rotatable bonds is 5. The highest BCUT2D eigenvalue weighted by Gasteiger charge is 2.50. The summed E-state index contributed by atoms with van der Waals surface area (Å²) >= 11 is 0. The number of carbonyl (C=O) groups is 2. The zero-order chi connectivity index (χ0) is 13.7. The zero-order valence-corrected chi connectivity index (χ0v) is 11.7. The van der Waals surface area contributed by atoms with Crippen LogP contribution >= 0.6 is 0 Å². The largest absolute Gasteiger partial charge is 0.396 e. The SMILES string of the molecule is O=C1CC2(CCCCCC2)C(=O)N1CCCCCO. The van der Waals surface area contributed by atoms with Crippen LogP contribution in [0.3, 0.4) is 0 Å². The van der Waals surface area contributed by atoms with Gasteiger partial charge in [0.05, 0.1) is 5.41 Å². The Bertz CT molecular complexity index is 332. The van der Waals surface area contributed by atoms with Gasteiger partial charge in [-0.1, -0.05) is 25.7 Å². The highest BCUT2D eigenvalue weighted by molar-refractivity contribution is 6.05. The van der Waals surface area contributed by atoms with Crippen LogP contribution in [0.15, 0.2) is 0 Å². The fourth-order valence-electron chi connectivity index (χ4n) is 3.44. The number of nitrogens with zero attached hydrogens (tertiary/aromatic N) is 1. The van der Waals surface area contributed by atoms with Gasteiger partial charge in [0.2, 0.25) is 11.8 Å². The lowest BCUT2D eigenvalue weighted by Crippen LogP contribution is -2.36. The Morgan fingerprint density at radius 2 is 1.68 bits per heavy atom. The van der Waals surface area contributed by atoms with E-state index in [9.17, 15) is 9.59 Å². The van der Waals surface area contributed by atoms with Crippen molar-refractivity contribution in [2.75, 3.05) is 13.2 Å². The molecule has 2 amide bonds. The van der Waals surface area contributed by atoms with Crippen molar-refractivity contribution in [3.63, 3.8) is 0 Å². The van der Waals surface area contributed by atoms with E-state index in [1.807, 2.05) is 0 Å². The lowest BCUT2D eigenvalue weighted by atomic mass is 9.79. The number of likely N-dealkylation sites (tertiary alicyclic amines) is 1. The maximum Gasteiger partial charge on any atom is 0.235 e. The summed E-state index contributed by atoms with van der Waals surface area (Å²) in [5, 5.41) is 8.74. The molecule has 0 unspecified atom stereocenters. The first-order valence-electron chi connectivity index (χ1n) is 7.65. The first kappa shape index (κ1) is 14.5. The fraction of sp³-hybridized carbons (Fsp3) is 0.867. The average Bonchev–Trinajstić information content (AvgIpc) is 2.59. The van der Waals surface area contributed by atoms with E-state index in [1.165, 1.54) is 17.7 Å². The molecule has 2 aliphatic rings. The van der Waals surface area contributed by atoms with Crippen molar-refractivity contribution in [1.82, 2.24) is 4.90 Å². The van der Waals surface area contributed by atoms with Gasteiger partial charge in [-0.15, -0.1) is 0 Å². The molecular formula is C15H25NO3. The lowest BCUT2D eigenvalue weighted by Gasteiger charge is -2.25. The summed E-state index contributed by atoms with van der Waals surface area (Å²) in [7, 11) is 0. The van der Waals surface area contributed by atoms with E-state index >= 15 is 0 Å². The fourth-order valence-corrected chi connectivity index (χ4v) is 3.44. The molecule has 108 valence electrons. The molecule has 1 saturated carbocycles. The smallest absolute Gasteiger partial charge is 0.235 e. The molecule has 1 spiro atoms. The second-order valence-corrected chi connectivity index (χ2v) is 6.01. The van der Waals surface area contributed by atoms with E-state index in [4.69, 9.17) is 5.11 Å². The highest BCUT2D eigenvalue weighted by Crippen LogP contribution is 2.44. The van der Waals surface area contributed by atoms with E-state index in [2.05, 4.69) is 0 Å². The Balaban J connectivity index is 1.95. The molecule has 19 heavy (non-hydrogen) atoms. The Hall–Kier alpha value is -0.900. The third kappa shape index (κ3) is 3.16. The Kier molecular flexibility index (Phi) is 4.97. The first-order valence-corrected chi connectivity index (χ1v) is 7.65. The van der Waals surface area contributed by atoms with E-state index in [-0.39, 0.29) is 23.8 Å². The van der Waals surface area contributed by atoms with Crippen molar-refractivity contribution in [3.05, 3.63) is 0 Å². The molecule has 1 aliphatic heterocycles. The second kappa shape index (κ2) is 6.51. The summed E-state index contributed by atoms with van der Waals surface area (Å²) in [6.45, 7) is 0.727. The predicted molar refractivity (Wildman–Crippen MR) is 72.4 cm³/mol. The van der Waals surface area contributed by atoms with E-state index < -0.39 is 0 Å². The molecule has 1 N–H and O–H groups in total. The average molecular weight is 267 g/mol. The van der Waals surface area contributed by atoms with Crippen molar-refractivity contribution < 1.29 is 14.7 Å². The summed E-state index contributed by atoms with van der Waals surface area (Å²) in [6.07, 6.45) is 9.21. The van der Waals surface area contributed by atoms with E-state index in [1.54, 1.807) is 0 Å². The van der Waals surface area contributed by atoms with Crippen LogP contribution in [0.5, 0.6) is 0 Å². The number of hydrogen-bond donors (Lipinski definition) is 1. The van der Waals surface area contributed by atoms with Crippen LogP contribution in [0.2, 0.25) is 0 Å². The topological polar surface area (TPSA) is 57.6 Å². The molecule has 2 fully saturated rings. The number of hydrogen-bond acceptors (Lipinski definition) is 3. The van der Waals surface area contributed by atoms with Crippen LogP contribution in [0, 0.1) is 5.41 Å². The lowest BCUT2D eigenvalue weighted by molar-refractivity contribution is -0.141. The maximum absolute atomic E-state index is 12.6. The molecule has 0 aromatic heterocycles. The second-order valence-electron chi connectivity index (χ2n) is 6.01. The molecule has 0 bridgehead atoms. The van der Waals surface area contributed by atoms with E-state index in [0.717, 1.165) is 44.9 Å². The van der Waals surface area contributed by atoms with Gasteiger partial charge in [-0.05, 0) is 32.1 Å². The molecule has 0 atom stereocenters. The number of amides is 2. The van der Waals surface area contributed by atoms with Gasteiger partial charge >= 0.3 is 0 Å². The van der Waals surface area contributed by atoms with Crippen molar-refractivity contribution in [1.29, 1.82) is 0 Å². The summed E-state index contributed by atoms with van der Waals surface area (Å²) in [4.78, 5) is 26.1. The standard InChI is InChI=1S/C15H25NO3/c17-11-7-3-6-10-16-13(18)12-15(14(16)19)8-4-1-2-5-9-15/h17H,1-12H2. The summed E-state index contributed by atoms with van der Waals surface area (Å²) in [5.41, 5.74) is -0.357. The van der Waals surface area contributed by atoms with Gasteiger partial charge in [0.25, 0.3) is 0 Å². The van der Waals surface area contributed by atoms with Crippen LogP contribution in [0.4, 0.5) is 0 Å². The van der Waals surface area contributed by atoms with Crippen LogP contribution in [-0.2, 0) is 9.59 Å². The summed E-state index contributed by atoms with van der Waals surface area (Å²) in [5.74, 6) is 0.110. The third-order valence-corrected chi connectivity index (χ3v) is 4.59. The normalized spacial score (nSPS) is 23.1. The summed E-state index contributed by atoms with van der Waals surface area (Å²) < 4.78 is 0. The molecule has 0 aromatic carbocycles. The Morgan fingerprint density at radius 1 is 1.00 bits per heavy atom. The predicted octanol–water partition coefficient (Wildman–Crippen LogP) is 2.25. The van der Waals surface area contributed by atoms with Crippen LogP contribution in [0.25, 0.3) is 0 Å². The van der Waals surface area contributed by atoms with Gasteiger partial charge < -0.3 is 5.11 Å². The van der Waals surface area contributed by atoms with E-state index in [0.29, 0.717) is 13.0 Å². The van der Waals surface area contributed by atoms with Gasteiger partial charge in [-0.25, -0.2) is 0 Å². The molecule has 1 heterocycles. The van der Waals surface area contributed by atoms with Crippen LogP contribution in [0.1, 0.15) is 64.2 Å². The molecule has 1 aliphatic carbocycles. The molecule has 0 radical (unpaired) electrons. The molecule has 4 nitrogen and oxygen atoms in total. The number of carbonyl (C=O) groups excluding carboxylic acids is 2. The minimum absolute atomic E-state index is 0.0240. The highest BCUT2D eigenvalue weighted by atomic mass is 16.3. The van der Waals surface area contributed by atoms with Gasteiger partial charge in [-0.3, -0.25) is 14.5 Å². The quantitative estimate of drug-likeness (QED) is 0.614. The number of unbranched alkanes of at least 4 members (excludes halogenated alkanes) is 2. The minimum atomic E-state index is -0.357. The van der Waals surface area contributed by atoms with Crippen molar-refractivity contribution >= 4 is 11.8 Å². The van der Waals surface area contributed by atoms with Crippen molar-refractivity contribution in [2.45, 2.75) is 64.2 Å². The molecule has 1 saturated heterocycles. The minimum Gasteiger partial charge on any atom is -0.396 e. The Morgan fingerprint density at radius 3 is 2.32 bits per heavy atom. The van der Waals surface area contributed by atoms with Crippen LogP contribution < -0.4 is 0 Å². The Labute approximate surface area is 115 Å². The molecular weight excluding hydrogens is 242 g/mol. The van der Waals surface area contributed by atoms with Gasteiger partial charge in [0, 0.05) is 19.6 Å². The van der Waals surface area contributed by atoms with Crippen molar-refractivity contribution in [2.24, 2.45) is 5.41 Å². The molecule has 2 rings (SSSR count). The third-order valence-electron chi connectivity index (χ3n) is 4.59. The van der Waals surface area contributed by atoms with Gasteiger partial charge in [-0.2, -0.15) is 0 Å². The van der Waals surface area contributed by atoms with Gasteiger partial charge in [0.1, 0.15) is 0 Å². The monoisotopic (exact) mass is 267 g/mol. The number of aliphatic hydroxyl groups excluding tert-OH is 1. The van der Waals surface area contributed by atoms with Gasteiger partial charge in [0.15, 0.2) is 0 Å². The number of aliphatic hydroxyl groups is 1. The van der Waals surface area contributed by atoms with Crippen molar-refractivity contribution in [3.8, 4) is 0 Å². The molecule has 4 heteroatoms.